The molecule has 0 unspecified atom stereocenters. The number of amides is 1. The molecule has 0 aliphatic heterocycles. The third-order valence-electron chi connectivity index (χ3n) is 1.83. The van der Waals surface area contributed by atoms with E-state index in [0.29, 0.717) is 18.9 Å². The first kappa shape index (κ1) is 8.53. The molecule has 3 nitrogen and oxygen atoms in total. The number of hydroxylamine groups is 2. The standard InChI is InChI=1S/C8H15NO2/c1-3-11-9(2)8(10)6-7-4-5-7/h7H,3-6H2,1-2H3. The number of nitrogens with zero attached hydrogens (tertiary/aromatic N) is 1. The lowest BCUT2D eigenvalue weighted by molar-refractivity contribution is -0.176. The summed E-state index contributed by atoms with van der Waals surface area (Å²) in [5.41, 5.74) is 0. The maximum atomic E-state index is 11.2. The average molecular weight is 157 g/mol. The van der Waals surface area contributed by atoms with Gasteiger partial charge in [-0.15, -0.1) is 0 Å². The summed E-state index contributed by atoms with van der Waals surface area (Å²) in [5, 5.41) is 1.35. The number of hydrogen-bond acceptors (Lipinski definition) is 2. The molecule has 0 aromatic heterocycles. The van der Waals surface area contributed by atoms with Crippen molar-refractivity contribution in [2.75, 3.05) is 13.7 Å². The highest BCUT2D eigenvalue weighted by atomic mass is 16.7. The molecule has 1 rings (SSSR count). The fourth-order valence-corrected chi connectivity index (χ4v) is 0.963. The predicted octanol–water partition coefficient (Wildman–Crippen LogP) is 1.20. The summed E-state index contributed by atoms with van der Waals surface area (Å²) in [7, 11) is 1.67. The van der Waals surface area contributed by atoms with Crippen molar-refractivity contribution in [2.45, 2.75) is 26.2 Å². The highest BCUT2D eigenvalue weighted by molar-refractivity contribution is 5.75. The second-order valence-electron chi connectivity index (χ2n) is 2.96. The van der Waals surface area contributed by atoms with Crippen molar-refractivity contribution in [3.8, 4) is 0 Å². The highest BCUT2D eigenvalue weighted by Gasteiger charge is 2.25. The summed E-state index contributed by atoms with van der Waals surface area (Å²) in [6, 6.07) is 0. The minimum absolute atomic E-state index is 0.106. The van der Waals surface area contributed by atoms with Crippen LogP contribution in [0.4, 0.5) is 0 Å². The zero-order valence-corrected chi connectivity index (χ0v) is 7.17. The molecule has 3 heteroatoms. The number of carbonyl (C=O) groups excluding carboxylic acids is 1. The summed E-state index contributed by atoms with van der Waals surface area (Å²) >= 11 is 0. The Morgan fingerprint density at radius 2 is 2.27 bits per heavy atom. The van der Waals surface area contributed by atoms with Crippen LogP contribution in [0, 0.1) is 5.92 Å². The van der Waals surface area contributed by atoms with E-state index in [4.69, 9.17) is 4.84 Å². The van der Waals surface area contributed by atoms with Crippen LogP contribution in [0.3, 0.4) is 0 Å². The van der Waals surface area contributed by atoms with Crippen LogP contribution in [0.1, 0.15) is 26.2 Å². The zero-order valence-electron chi connectivity index (χ0n) is 7.17. The van der Waals surface area contributed by atoms with Gasteiger partial charge in [0.2, 0.25) is 5.91 Å². The van der Waals surface area contributed by atoms with Gasteiger partial charge in [0.1, 0.15) is 0 Å². The van der Waals surface area contributed by atoms with E-state index in [-0.39, 0.29) is 5.91 Å². The molecule has 0 aromatic rings. The van der Waals surface area contributed by atoms with Crippen molar-refractivity contribution in [2.24, 2.45) is 5.92 Å². The summed E-state index contributed by atoms with van der Waals surface area (Å²) in [5.74, 6) is 0.750. The van der Waals surface area contributed by atoms with Gasteiger partial charge in [-0.2, -0.15) is 0 Å². The van der Waals surface area contributed by atoms with Gasteiger partial charge in [0.15, 0.2) is 0 Å². The minimum atomic E-state index is 0.106. The topological polar surface area (TPSA) is 29.5 Å². The van der Waals surface area contributed by atoms with Gasteiger partial charge in [-0.05, 0) is 25.7 Å². The van der Waals surface area contributed by atoms with Crippen LogP contribution < -0.4 is 0 Å². The number of hydrogen-bond donors (Lipinski definition) is 0. The molecule has 1 saturated carbocycles. The largest absolute Gasteiger partial charge is 0.273 e. The van der Waals surface area contributed by atoms with Gasteiger partial charge < -0.3 is 0 Å². The SMILES string of the molecule is CCON(C)C(=O)CC1CC1. The van der Waals surface area contributed by atoms with E-state index in [1.54, 1.807) is 7.05 Å². The molecule has 0 radical (unpaired) electrons. The third kappa shape index (κ3) is 2.89. The molecule has 64 valence electrons. The fraction of sp³-hybridized carbons (Fsp3) is 0.875. The second kappa shape index (κ2) is 3.72. The van der Waals surface area contributed by atoms with Gasteiger partial charge in [-0.3, -0.25) is 9.63 Å². The van der Waals surface area contributed by atoms with E-state index >= 15 is 0 Å². The molecular formula is C8H15NO2. The van der Waals surface area contributed by atoms with Crippen molar-refractivity contribution in [3.63, 3.8) is 0 Å². The van der Waals surface area contributed by atoms with Crippen molar-refractivity contribution < 1.29 is 9.63 Å². The molecule has 0 saturated heterocycles. The molecule has 0 aromatic carbocycles. The smallest absolute Gasteiger partial charge is 0.246 e. The Bertz CT molecular complexity index is 143. The molecule has 1 aliphatic rings. The molecule has 0 heterocycles. The van der Waals surface area contributed by atoms with E-state index in [2.05, 4.69) is 0 Å². The van der Waals surface area contributed by atoms with Crippen molar-refractivity contribution in [1.29, 1.82) is 0 Å². The van der Waals surface area contributed by atoms with Crippen molar-refractivity contribution in [1.82, 2.24) is 5.06 Å². The molecule has 1 fully saturated rings. The first-order valence-electron chi connectivity index (χ1n) is 4.13. The van der Waals surface area contributed by atoms with Gasteiger partial charge in [0.25, 0.3) is 0 Å². The van der Waals surface area contributed by atoms with Crippen LogP contribution in [-0.4, -0.2) is 24.6 Å². The quantitative estimate of drug-likeness (QED) is 0.574. The Morgan fingerprint density at radius 1 is 1.64 bits per heavy atom. The monoisotopic (exact) mass is 157 g/mol. The van der Waals surface area contributed by atoms with Gasteiger partial charge >= 0.3 is 0 Å². The maximum absolute atomic E-state index is 11.2. The normalized spacial score (nSPS) is 16.5. The van der Waals surface area contributed by atoms with Crippen LogP contribution in [0.5, 0.6) is 0 Å². The first-order chi connectivity index (χ1) is 5.24. The number of carbonyl (C=O) groups is 1. The molecule has 0 spiro atoms. The van der Waals surface area contributed by atoms with Gasteiger partial charge in [0.05, 0.1) is 6.61 Å². The summed E-state index contributed by atoms with van der Waals surface area (Å²) < 4.78 is 0. The van der Waals surface area contributed by atoms with E-state index in [9.17, 15) is 4.79 Å². The van der Waals surface area contributed by atoms with E-state index in [0.717, 1.165) is 0 Å². The van der Waals surface area contributed by atoms with E-state index in [1.165, 1.54) is 17.9 Å². The minimum Gasteiger partial charge on any atom is -0.273 e. The Hall–Kier alpha value is -0.570. The third-order valence-corrected chi connectivity index (χ3v) is 1.83. The average Bonchev–Trinajstić information content (AvgIpc) is 2.72. The Balaban J connectivity index is 2.15. The van der Waals surface area contributed by atoms with E-state index < -0.39 is 0 Å². The van der Waals surface area contributed by atoms with Crippen molar-refractivity contribution in [3.05, 3.63) is 0 Å². The molecular weight excluding hydrogens is 142 g/mol. The lowest BCUT2D eigenvalue weighted by atomic mass is 10.3. The van der Waals surface area contributed by atoms with Crippen LogP contribution >= 0.6 is 0 Å². The Kier molecular flexibility index (Phi) is 2.88. The summed E-state index contributed by atoms with van der Waals surface area (Å²) in [6.45, 7) is 2.44. The first-order valence-corrected chi connectivity index (χ1v) is 4.13. The number of rotatable bonds is 4. The van der Waals surface area contributed by atoms with Crippen LogP contribution in [0.15, 0.2) is 0 Å². The second-order valence-corrected chi connectivity index (χ2v) is 2.96. The maximum Gasteiger partial charge on any atom is 0.246 e. The lowest BCUT2D eigenvalue weighted by Gasteiger charge is -2.14. The Labute approximate surface area is 67.3 Å². The van der Waals surface area contributed by atoms with Gasteiger partial charge in [-0.1, -0.05) is 0 Å². The molecule has 1 aliphatic carbocycles. The zero-order chi connectivity index (χ0) is 8.27. The molecule has 0 atom stereocenters. The molecule has 11 heavy (non-hydrogen) atoms. The highest BCUT2D eigenvalue weighted by Crippen LogP contribution is 2.32. The van der Waals surface area contributed by atoms with E-state index in [1.807, 2.05) is 6.92 Å². The molecule has 0 bridgehead atoms. The molecule has 1 amide bonds. The van der Waals surface area contributed by atoms with Gasteiger partial charge in [0, 0.05) is 13.5 Å². The van der Waals surface area contributed by atoms with Crippen LogP contribution in [-0.2, 0) is 9.63 Å². The lowest BCUT2D eigenvalue weighted by Crippen LogP contribution is -2.26. The summed E-state index contributed by atoms with van der Waals surface area (Å²) in [6.07, 6.45) is 3.09. The predicted molar refractivity (Wildman–Crippen MR) is 41.7 cm³/mol. The summed E-state index contributed by atoms with van der Waals surface area (Å²) in [4.78, 5) is 16.2. The van der Waals surface area contributed by atoms with Crippen molar-refractivity contribution >= 4 is 5.91 Å². The fourth-order valence-electron chi connectivity index (χ4n) is 0.963. The van der Waals surface area contributed by atoms with Crippen LogP contribution in [0.2, 0.25) is 0 Å². The molecule has 0 N–H and O–H groups in total. The Morgan fingerprint density at radius 3 is 2.73 bits per heavy atom. The van der Waals surface area contributed by atoms with Gasteiger partial charge in [-0.25, -0.2) is 5.06 Å². The van der Waals surface area contributed by atoms with Crippen LogP contribution in [0.25, 0.3) is 0 Å².